The van der Waals surface area contributed by atoms with Gasteiger partial charge in [-0.3, -0.25) is 9.59 Å². The number of nitrogens with one attached hydrogen (secondary N) is 1. The molecule has 118 valence electrons. The number of rotatable bonds is 1. The number of carbonyl (C=O) groups excluding carboxylic acids is 3. The number of nitrogens with zero attached hydrogens (tertiary/aromatic N) is 3. The van der Waals surface area contributed by atoms with Gasteiger partial charge in [-0.05, 0) is 19.3 Å². The summed E-state index contributed by atoms with van der Waals surface area (Å²) in [5, 5.41) is 2.78. The van der Waals surface area contributed by atoms with Crippen molar-refractivity contribution >= 4 is 17.8 Å². The fraction of sp³-hybridized carbons (Fsp3) is 0.786. The quantitative estimate of drug-likeness (QED) is 0.724. The molecule has 7 nitrogen and oxygen atoms in total. The Morgan fingerprint density at radius 2 is 1.81 bits per heavy atom. The first kappa shape index (κ1) is 15.6. The van der Waals surface area contributed by atoms with Crippen LogP contribution < -0.4 is 5.32 Å². The minimum Gasteiger partial charge on any atom is -0.354 e. The van der Waals surface area contributed by atoms with Gasteiger partial charge < -0.3 is 20.0 Å². The third kappa shape index (κ3) is 3.86. The summed E-state index contributed by atoms with van der Waals surface area (Å²) in [4.78, 5) is 40.9. The van der Waals surface area contributed by atoms with Crippen molar-refractivity contribution in [1.29, 1.82) is 0 Å². The average molecular weight is 296 g/mol. The lowest BCUT2D eigenvalue weighted by molar-refractivity contribution is -0.139. The first-order valence-electron chi connectivity index (χ1n) is 7.50. The lowest BCUT2D eigenvalue weighted by Crippen LogP contribution is -2.48. The number of likely N-dealkylation sites (tertiary alicyclic amines) is 1. The number of amides is 4. The van der Waals surface area contributed by atoms with E-state index in [1.165, 1.54) is 0 Å². The van der Waals surface area contributed by atoms with Crippen LogP contribution in [0.1, 0.15) is 19.3 Å². The first-order chi connectivity index (χ1) is 9.99. The highest BCUT2D eigenvalue weighted by Gasteiger charge is 2.31. The summed E-state index contributed by atoms with van der Waals surface area (Å²) >= 11 is 0. The number of carbonyl (C=O) groups is 3. The molecule has 0 radical (unpaired) electrons. The van der Waals surface area contributed by atoms with Crippen LogP contribution in [0.4, 0.5) is 4.79 Å². The molecule has 2 saturated heterocycles. The van der Waals surface area contributed by atoms with Gasteiger partial charge in [-0.2, -0.15) is 0 Å². The van der Waals surface area contributed by atoms with Crippen molar-refractivity contribution < 1.29 is 14.4 Å². The molecule has 0 atom stereocenters. The molecule has 2 heterocycles. The standard InChI is InChI=1S/C14H24N4O3/c1-16(2)14(21)17-8-4-11(5-9-17)13(20)18-7-3-6-15-12(19)10-18/h11H,3-10H2,1-2H3,(H,15,19). The van der Waals surface area contributed by atoms with Crippen LogP contribution in [0.5, 0.6) is 0 Å². The molecule has 0 aliphatic carbocycles. The second kappa shape index (κ2) is 6.78. The second-order valence-corrected chi connectivity index (χ2v) is 5.90. The maximum atomic E-state index is 12.5. The molecule has 0 saturated carbocycles. The van der Waals surface area contributed by atoms with Gasteiger partial charge in [-0.1, -0.05) is 0 Å². The molecule has 0 aromatic carbocycles. The SMILES string of the molecule is CN(C)C(=O)N1CCC(C(=O)N2CCCNC(=O)C2)CC1. The monoisotopic (exact) mass is 296 g/mol. The maximum Gasteiger partial charge on any atom is 0.319 e. The molecule has 0 unspecified atom stereocenters. The van der Waals surface area contributed by atoms with Crippen LogP contribution in [0.25, 0.3) is 0 Å². The normalized spacial score (nSPS) is 20.8. The zero-order valence-electron chi connectivity index (χ0n) is 12.8. The predicted octanol–water partition coefficient (Wildman–Crippen LogP) is -0.271. The molecule has 2 fully saturated rings. The van der Waals surface area contributed by atoms with E-state index in [0.717, 1.165) is 6.42 Å². The van der Waals surface area contributed by atoms with Crippen LogP contribution in [0.3, 0.4) is 0 Å². The van der Waals surface area contributed by atoms with Gasteiger partial charge in [-0.25, -0.2) is 4.79 Å². The molecule has 2 aliphatic rings. The van der Waals surface area contributed by atoms with Gasteiger partial charge in [0.1, 0.15) is 0 Å². The van der Waals surface area contributed by atoms with Crippen molar-refractivity contribution in [2.75, 3.05) is 46.8 Å². The van der Waals surface area contributed by atoms with Crippen LogP contribution in [-0.2, 0) is 9.59 Å². The summed E-state index contributed by atoms with van der Waals surface area (Å²) in [6, 6.07) is -0.00458. The Hall–Kier alpha value is -1.79. The van der Waals surface area contributed by atoms with Gasteiger partial charge >= 0.3 is 6.03 Å². The van der Waals surface area contributed by atoms with E-state index in [-0.39, 0.29) is 30.3 Å². The van der Waals surface area contributed by atoms with Crippen LogP contribution in [-0.4, -0.2) is 79.4 Å². The minimum absolute atomic E-state index is 0.00458. The largest absolute Gasteiger partial charge is 0.354 e. The highest BCUT2D eigenvalue weighted by atomic mass is 16.2. The van der Waals surface area contributed by atoms with Crippen LogP contribution in [0.15, 0.2) is 0 Å². The number of piperidine rings is 1. The summed E-state index contributed by atoms with van der Waals surface area (Å²) in [6.45, 7) is 2.64. The molecule has 7 heteroatoms. The molecule has 21 heavy (non-hydrogen) atoms. The molecule has 2 rings (SSSR count). The van der Waals surface area contributed by atoms with Crippen LogP contribution in [0.2, 0.25) is 0 Å². The van der Waals surface area contributed by atoms with Gasteiger partial charge in [-0.15, -0.1) is 0 Å². The van der Waals surface area contributed by atoms with Crippen molar-refractivity contribution in [1.82, 2.24) is 20.0 Å². The van der Waals surface area contributed by atoms with E-state index >= 15 is 0 Å². The van der Waals surface area contributed by atoms with Crippen molar-refractivity contribution in [3.63, 3.8) is 0 Å². The molecule has 0 aromatic rings. The zero-order valence-corrected chi connectivity index (χ0v) is 12.8. The fourth-order valence-corrected chi connectivity index (χ4v) is 2.85. The van der Waals surface area contributed by atoms with Crippen molar-refractivity contribution in [2.24, 2.45) is 5.92 Å². The summed E-state index contributed by atoms with van der Waals surface area (Å²) < 4.78 is 0. The predicted molar refractivity (Wildman–Crippen MR) is 77.6 cm³/mol. The highest BCUT2D eigenvalue weighted by Crippen LogP contribution is 2.20. The van der Waals surface area contributed by atoms with E-state index in [2.05, 4.69) is 5.32 Å². The Balaban J connectivity index is 1.88. The fourth-order valence-electron chi connectivity index (χ4n) is 2.85. The molecular weight excluding hydrogens is 272 g/mol. The lowest BCUT2D eigenvalue weighted by Gasteiger charge is -2.34. The zero-order chi connectivity index (χ0) is 15.4. The summed E-state index contributed by atoms with van der Waals surface area (Å²) in [5.74, 6) is -0.0906. The number of urea groups is 1. The van der Waals surface area contributed by atoms with Crippen molar-refractivity contribution in [2.45, 2.75) is 19.3 Å². The Bertz CT molecular complexity index is 416. The van der Waals surface area contributed by atoms with E-state index < -0.39 is 0 Å². The molecular formula is C14H24N4O3. The topological polar surface area (TPSA) is 73.0 Å². The van der Waals surface area contributed by atoms with Crippen molar-refractivity contribution in [3.8, 4) is 0 Å². The average Bonchev–Trinajstić information content (AvgIpc) is 2.70. The Morgan fingerprint density at radius 1 is 1.14 bits per heavy atom. The van der Waals surface area contributed by atoms with Gasteiger partial charge in [0.25, 0.3) is 0 Å². The van der Waals surface area contributed by atoms with E-state index in [1.807, 2.05) is 0 Å². The van der Waals surface area contributed by atoms with E-state index in [1.54, 1.807) is 28.8 Å². The summed E-state index contributed by atoms with van der Waals surface area (Å²) in [5.41, 5.74) is 0. The Labute approximate surface area is 125 Å². The first-order valence-corrected chi connectivity index (χ1v) is 7.50. The van der Waals surface area contributed by atoms with E-state index in [4.69, 9.17) is 0 Å². The molecule has 1 N–H and O–H groups in total. The number of hydrogen-bond acceptors (Lipinski definition) is 3. The van der Waals surface area contributed by atoms with Gasteiger partial charge in [0.15, 0.2) is 0 Å². The van der Waals surface area contributed by atoms with Gasteiger partial charge in [0.2, 0.25) is 11.8 Å². The van der Waals surface area contributed by atoms with Gasteiger partial charge in [0, 0.05) is 46.2 Å². The molecule has 0 bridgehead atoms. The lowest BCUT2D eigenvalue weighted by atomic mass is 9.95. The van der Waals surface area contributed by atoms with Crippen molar-refractivity contribution in [3.05, 3.63) is 0 Å². The van der Waals surface area contributed by atoms with E-state index in [9.17, 15) is 14.4 Å². The summed E-state index contributed by atoms with van der Waals surface area (Å²) in [6.07, 6.45) is 2.16. The Kier molecular flexibility index (Phi) is 5.03. The second-order valence-electron chi connectivity index (χ2n) is 5.90. The third-order valence-corrected chi connectivity index (χ3v) is 4.07. The molecule has 2 aliphatic heterocycles. The third-order valence-electron chi connectivity index (χ3n) is 4.07. The number of hydrogen-bond donors (Lipinski definition) is 1. The summed E-state index contributed by atoms with van der Waals surface area (Å²) in [7, 11) is 3.46. The van der Waals surface area contributed by atoms with Gasteiger partial charge in [0.05, 0.1) is 6.54 Å². The maximum absolute atomic E-state index is 12.5. The smallest absolute Gasteiger partial charge is 0.319 e. The van der Waals surface area contributed by atoms with Crippen LogP contribution >= 0.6 is 0 Å². The molecule has 0 aromatic heterocycles. The Morgan fingerprint density at radius 3 is 2.43 bits per heavy atom. The highest BCUT2D eigenvalue weighted by molar-refractivity contribution is 5.86. The van der Waals surface area contributed by atoms with Crippen LogP contribution in [0, 0.1) is 5.92 Å². The molecule has 0 spiro atoms. The molecule has 4 amide bonds. The minimum atomic E-state index is -0.0823. The van der Waals surface area contributed by atoms with E-state index in [0.29, 0.717) is 39.0 Å².